The van der Waals surface area contributed by atoms with Crippen molar-refractivity contribution >= 4 is 33.4 Å². The van der Waals surface area contributed by atoms with Crippen molar-refractivity contribution in [2.45, 2.75) is 11.3 Å². The van der Waals surface area contributed by atoms with Crippen LogP contribution in [0.3, 0.4) is 0 Å². The van der Waals surface area contributed by atoms with Crippen molar-refractivity contribution in [1.82, 2.24) is 10.1 Å². The molecule has 0 bridgehead atoms. The van der Waals surface area contributed by atoms with E-state index in [0.717, 1.165) is 15.7 Å². The molecule has 0 unspecified atom stereocenters. The molecule has 8 nitrogen and oxygen atoms in total. The number of aromatic amines is 1. The van der Waals surface area contributed by atoms with Crippen LogP contribution >= 0.6 is 27.7 Å². The van der Waals surface area contributed by atoms with Gasteiger partial charge < -0.3 is 19.9 Å². The highest BCUT2D eigenvalue weighted by atomic mass is 79.9. The summed E-state index contributed by atoms with van der Waals surface area (Å²) in [6.07, 6.45) is 1.32. The van der Waals surface area contributed by atoms with Gasteiger partial charge in [-0.2, -0.15) is 0 Å². The first kappa shape index (κ1) is 19.6. The Bertz CT molecular complexity index is 1140. The van der Waals surface area contributed by atoms with E-state index < -0.39 is 6.17 Å². The number of nitrogens with zero attached hydrogens (tertiary/aromatic N) is 2. The van der Waals surface area contributed by atoms with Gasteiger partial charge in [-0.05, 0) is 41.3 Å². The van der Waals surface area contributed by atoms with E-state index in [2.05, 4.69) is 31.3 Å². The molecule has 1 aliphatic rings. The molecule has 1 aliphatic heterocycles. The Morgan fingerprint density at radius 2 is 1.90 bits per heavy atom. The summed E-state index contributed by atoms with van der Waals surface area (Å²) in [6.45, 7) is 0. The third-order valence-electron chi connectivity index (χ3n) is 4.65. The van der Waals surface area contributed by atoms with Gasteiger partial charge >= 0.3 is 11.3 Å². The quantitative estimate of drug-likeness (QED) is 0.392. The lowest BCUT2D eigenvalue weighted by Gasteiger charge is -2.23. The van der Waals surface area contributed by atoms with Crippen LogP contribution in [0, 0.1) is 0 Å². The molecule has 0 fully saturated rings. The van der Waals surface area contributed by atoms with Crippen LogP contribution in [0.5, 0.6) is 17.2 Å². The predicted molar refractivity (Wildman–Crippen MR) is 113 cm³/mol. The van der Waals surface area contributed by atoms with Gasteiger partial charge in [-0.1, -0.05) is 27.7 Å². The lowest BCUT2D eigenvalue weighted by Crippen LogP contribution is -2.55. The molecule has 4 rings (SSSR count). The number of phenols is 1. The Morgan fingerprint density at radius 3 is 2.52 bits per heavy atom. The Hall–Kier alpha value is -2.72. The van der Waals surface area contributed by atoms with Gasteiger partial charge in [-0.15, -0.1) is 0 Å². The van der Waals surface area contributed by atoms with Gasteiger partial charge in [0.15, 0.2) is 11.5 Å². The van der Waals surface area contributed by atoms with Gasteiger partial charge in [0.1, 0.15) is 0 Å². The van der Waals surface area contributed by atoms with Crippen LogP contribution in [0.4, 0.5) is 5.69 Å². The number of ether oxygens (including phenoxy) is 2. The smallest absolute Gasteiger partial charge is 0.325 e. The first-order valence-electron chi connectivity index (χ1n) is 8.58. The van der Waals surface area contributed by atoms with E-state index >= 15 is 0 Å². The minimum absolute atomic E-state index is 0.0900. The molecule has 3 aromatic rings. The summed E-state index contributed by atoms with van der Waals surface area (Å²) >= 11 is 4.81. The molecule has 0 radical (unpaired) electrons. The van der Waals surface area contributed by atoms with E-state index in [0.29, 0.717) is 16.4 Å². The summed E-state index contributed by atoms with van der Waals surface area (Å²) in [5, 5.41) is 18.8. The lowest BCUT2D eigenvalue weighted by molar-refractivity contribution is -0.759. The van der Waals surface area contributed by atoms with Crippen molar-refractivity contribution in [2.75, 3.05) is 25.8 Å². The first-order valence-corrected chi connectivity index (χ1v) is 10.6. The zero-order valence-corrected chi connectivity index (χ0v) is 18.2. The normalized spacial score (nSPS) is 14.6. The van der Waals surface area contributed by atoms with Crippen LogP contribution in [0.1, 0.15) is 11.7 Å². The van der Waals surface area contributed by atoms with E-state index in [1.165, 1.54) is 26.0 Å². The number of anilines is 1. The molecule has 29 heavy (non-hydrogen) atoms. The van der Waals surface area contributed by atoms with Gasteiger partial charge in [0.25, 0.3) is 6.17 Å². The highest BCUT2D eigenvalue weighted by Crippen LogP contribution is 2.40. The summed E-state index contributed by atoms with van der Waals surface area (Å²) in [7, 11) is 2.94. The number of H-pyrrole nitrogens is 1. The van der Waals surface area contributed by atoms with E-state index in [9.17, 15) is 9.90 Å². The molecule has 10 heteroatoms. The number of thioether (sulfide) groups is 1. The Kier molecular flexibility index (Phi) is 5.13. The fourth-order valence-corrected chi connectivity index (χ4v) is 4.03. The van der Waals surface area contributed by atoms with Gasteiger partial charge in [-0.3, -0.25) is 9.78 Å². The zero-order valence-electron chi connectivity index (χ0n) is 15.8. The largest absolute Gasteiger partial charge is 0.502 e. The van der Waals surface area contributed by atoms with Crippen molar-refractivity contribution in [3.63, 3.8) is 0 Å². The van der Waals surface area contributed by atoms with Crippen molar-refractivity contribution in [3.8, 4) is 28.5 Å². The Labute approximate surface area is 179 Å². The maximum Gasteiger partial charge on any atom is 0.325 e. The standard InChI is InChI=1S/C19H17BrN4O4S/c1-27-13-6-9(7-14(28-2)16(13)25)17-21-12-5-4-10(20)8-11(12)15-18(26)22-19(29-3)23-24(15)17/h4-8,17H,1-3H3,(H2,22,23,25,26)/p+1/t17-/m1/s1. The highest BCUT2D eigenvalue weighted by Gasteiger charge is 2.38. The number of methoxy groups -OCH3 is 2. The number of aromatic hydroxyl groups is 1. The number of nitrogens with one attached hydrogen (secondary N) is 2. The molecule has 3 N–H and O–H groups in total. The number of rotatable bonds is 4. The molecule has 0 spiro atoms. The monoisotopic (exact) mass is 477 g/mol. The molecular weight excluding hydrogens is 460 g/mol. The van der Waals surface area contributed by atoms with E-state index in [1.807, 2.05) is 24.5 Å². The van der Waals surface area contributed by atoms with Gasteiger partial charge in [0.2, 0.25) is 10.9 Å². The molecule has 2 heterocycles. The van der Waals surface area contributed by atoms with Crippen LogP contribution in [0.25, 0.3) is 11.3 Å². The summed E-state index contributed by atoms with van der Waals surface area (Å²) < 4.78 is 13.1. The maximum atomic E-state index is 12.9. The summed E-state index contributed by atoms with van der Waals surface area (Å²) in [6, 6.07) is 9.05. The average Bonchev–Trinajstić information content (AvgIpc) is 2.73. The minimum atomic E-state index is -0.518. The molecule has 1 aromatic heterocycles. The van der Waals surface area contributed by atoms with Crippen molar-refractivity contribution < 1.29 is 19.3 Å². The highest BCUT2D eigenvalue weighted by molar-refractivity contribution is 9.10. The van der Waals surface area contributed by atoms with Crippen molar-refractivity contribution in [1.29, 1.82) is 0 Å². The van der Waals surface area contributed by atoms with Crippen LogP contribution in [-0.4, -0.2) is 35.7 Å². The van der Waals surface area contributed by atoms with E-state index in [4.69, 9.17) is 9.47 Å². The minimum Gasteiger partial charge on any atom is -0.502 e. The second-order valence-corrected chi connectivity index (χ2v) is 7.98. The molecule has 150 valence electrons. The van der Waals surface area contributed by atoms with Crippen LogP contribution in [0.2, 0.25) is 0 Å². The van der Waals surface area contributed by atoms with Crippen LogP contribution < -0.4 is 25.0 Å². The lowest BCUT2D eigenvalue weighted by atomic mass is 10.0. The molecule has 0 saturated carbocycles. The molecule has 1 atom stereocenters. The number of fused-ring (bicyclic) bond motifs is 3. The predicted octanol–water partition coefficient (Wildman–Crippen LogP) is 2.90. The van der Waals surface area contributed by atoms with E-state index in [1.54, 1.807) is 16.8 Å². The number of hydrogen-bond donors (Lipinski definition) is 3. The topological polar surface area (TPSA) is 100 Å². The zero-order chi connectivity index (χ0) is 20.7. The third-order valence-corrected chi connectivity index (χ3v) is 5.71. The fraction of sp³-hybridized carbons (Fsp3) is 0.211. The Morgan fingerprint density at radius 1 is 1.21 bits per heavy atom. The summed E-state index contributed by atoms with van der Waals surface area (Å²) in [5.41, 5.74) is 2.41. The number of phenolic OH excluding ortho intramolecular Hbond substituents is 1. The molecule has 2 aromatic carbocycles. The summed E-state index contributed by atoms with van der Waals surface area (Å²) in [5.74, 6) is 0.437. The maximum absolute atomic E-state index is 12.9. The van der Waals surface area contributed by atoms with E-state index in [-0.39, 0.29) is 22.8 Å². The number of benzene rings is 2. The molecule has 0 saturated heterocycles. The average molecular weight is 478 g/mol. The fourth-order valence-electron chi connectivity index (χ4n) is 3.30. The second kappa shape index (κ2) is 7.60. The third kappa shape index (κ3) is 3.32. The van der Waals surface area contributed by atoms with Gasteiger partial charge in [0, 0.05) is 9.57 Å². The molecular formula is C19H18BrN4O4S+. The van der Waals surface area contributed by atoms with Crippen LogP contribution in [0.15, 0.2) is 44.8 Å². The number of hydrogen-bond acceptors (Lipinski definition) is 7. The summed E-state index contributed by atoms with van der Waals surface area (Å²) in [4.78, 5) is 15.7. The number of halogens is 1. The molecule has 0 aliphatic carbocycles. The van der Waals surface area contributed by atoms with Crippen molar-refractivity contribution in [3.05, 3.63) is 50.7 Å². The van der Waals surface area contributed by atoms with Crippen molar-refractivity contribution in [2.24, 2.45) is 0 Å². The Balaban J connectivity index is 1.99. The first-order chi connectivity index (χ1) is 14.0. The van der Waals surface area contributed by atoms with Gasteiger partial charge in [-0.25, -0.2) is 0 Å². The van der Waals surface area contributed by atoms with Crippen LogP contribution in [-0.2, 0) is 0 Å². The SMILES string of the molecule is COc1cc([C@@H]2Nc3ccc(Br)cc3-c3c(=O)[nH]c(SC)n[n+]32)cc(OC)c1O. The number of aromatic nitrogens is 3. The molecule has 0 amide bonds. The second-order valence-electron chi connectivity index (χ2n) is 6.27. The van der Waals surface area contributed by atoms with Gasteiger partial charge in [0.05, 0.1) is 31.0 Å².